The molecule has 1 aromatic heterocycles. The number of nitrogens with zero attached hydrogens (tertiary/aromatic N) is 4. The van der Waals surface area contributed by atoms with Gasteiger partial charge in [0, 0.05) is 27.4 Å². The van der Waals surface area contributed by atoms with E-state index in [1.165, 1.54) is 0 Å². The van der Waals surface area contributed by atoms with Crippen LogP contribution in [0.2, 0.25) is 10.0 Å². The van der Waals surface area contributed by atoms with Crippen molar-refractivity contribution >= 4 is 45.8 Å². The van der Waals surface area contributed by atoms with Crippen molar-refractivity contribution in [3.63, 3.8) is 0 Å². The number of hydrogen-bond acceptors (Lipinski definition) is 4. The van der Waals surface area contributed by atoms with Gasteiger partial charge in [0.05, 0.1) is 23.0 Å². The molecule has 1 aliphatic rings. The zero-order chi connectivity index (χ0) is 23.8. The third-order valence-corrected chi connectivity index (χ3v) is 6.66. The van der Waals surface area contributed by atoms with E-state index in [0.717, 1.165) is 45.4 Å². The van der Waals surface area contributed by atoms with E-state index in [0.29, 0.717) is 16.0 Å². The van der Waals surface area contributed by atoms with Crippen molar-refractivity contribution in [1.29, 1.82) is 0 Å². The number of hydrazone groups is 1. The maximum absolute atomic E-state index is 6.35. The van der Waals surface area contributed by atoms with Crippen LogP contribution in [0.25, 0.3) is 22.2 Å². The van der Waals surface area contributed by atoms with Crippen LogP contribution in [0, 0.1) is 0 Å². The lowest BCUT2D eigenvalue weighted by molar-refractivity contribution is 0.689. The topological polar surface area (TPSA) is 41.4 Å². The van der Waals surface area contributed by atoms with Gasteiger partial charge in [0.2, 0.25) is 5.95 Å². The second-order valence-corrected chi connectivity index (χ2v) is 9.30. The Kier molecular flexibility index (Phi) is 5.69. The lowest BCUT2D eigenvalue weighted by atomic mass is 9.98. The van der Waals surface area contributed by atoms with Crippen LogP contribution in [0.4, 0.5) is 5.95 Å². The number of hydrogen-bond donors (Lipinski definition) is 0. The molecule has 2 heterocycles. The van der Waals surface area contributed by atoms with E-state index in [2.05, 4.69) is 12.1 Å². The van der Waals surface area contributed by atoms with Gasteiger partial charge in [-0.25, -0.2) is 15.0 Å². The van der Waals surface area contributed by atoms with Crippen molar-refractivity contribution in [2.45, 2.75) is 12.5 Å². The average Bonchev–Trinajstić information content (AvgIpc) is 3.35. The summed E-state index contributed by atoms with van der Waals surface area (Å²) in [7, 11) is 0. The summed E-state index contributed by atoms with van der Waals surface area (Å²) >= 11 is 12.5. The largest absolute Gasteiger partial charge is 0.247 e. The molecule has 0 radical (unpaired) electrons. The lowest BCUT2D eigenvalue weighted by Crippen LogP contribution is -2.21. The normalized spacial score (nSPS) is 15.4. The number of aromatic nitrogens is 2. The van der Waals surface area contributed by atoms with Crippen molar-refractivity contribution in [3.8, 4) is 11.3 Å². The van der Waals surface area contributed by atoms with Crippen LogP contribution in [0.1, 0.15) is 23.6 Å². The van der Waals surface area contributed by atoms with Crippen LogP contribution >= 0.6 is 23.2 Å². The number of benzene rings is 4. The van der Waals surface area contributed by atoms with Crippen molar-refractivity contribution < 1.29 is 0 Å². The first kappa shape index (κ1) is 21.8. The van der Waals surface area contributed by atoms with E-state index in [1.807, 2.05) is 96.0 Å². The van der Waals surface area contributed by atoms with Crippen LogP contribution in [-0.2, 0) is 0 Å². The lowest BCUT2D eigenvalue weighted by Gasteiger charge is -2.23. The first-order chi connectivity index (χ1) is 17.2. The Hall–Kier alpha value is -3.73. The van der Waals surface area contributed by atoms with Gasteiger partial charge in [-0.05, 0) is 41.5 Å². The predicted molar refractivity (Wildman–Crippen MR) is 144 cm³/mol. The molecule has 6 heteroatoms. The third-order valence-electron chi connectivity index (χ3n) is 6.17. The summed E-state index contributed by atoms with van der Waals surface area (Å²) in [6.45, 7) is 0. The minimum Gasteiger partial charge on any atom is -0.223 e. The zero-order valence-corrected chi connectivity index (χ0v) is 20.2. The Morgan fingerprint density at radius 3 is 2.06 bits per heavy atom. The molecule has 0 fully saturated rings. The highest BCUT2D eigenvalue weighted by Crippen LogP contribution is 2.38. The Balaban J connectivity index is 1.54. The molecule has 0 spiro atoms. The smallest absolute Gasteiger partial charge is 0.223 e. The van der Waals surface area contributed by atoms with Gasteiger partial charge in [-0.3, -0.25) is 0 Å². The Morgan fingerprint density at radius 1 is 0.686 bits per heavy atom. The highest BCUT2D eigenvalue weighted by Gasteiger charge is 2.32. The molecule has 0 amide bonds. The molecule has 0 aliphatic carbocycles. The predicted octanol–water partition coefficient (Wildman–Crippen LogP) is 7.96. The number of rotatable bonds is 4. The third kappa shape index (κ3) is 4.27. The average molecular weight is 495 g/mol. The monoisotopic (exact) mass is 494 g/mol. The van der Waals surface area contributed by atoms with Gasteiger partial charge in [-0.2, -0.15) is 5.10 Å². The van der Waals surface area contributed by atoms with Crippen LogP contribution in [0.3, 0.4) is 0 Å². The molecule has 5 aromatic rings. The summed E-state index contributed by atoms with van der Waals surface area (Å²) in [5.41, 5.74) is 5.82. The van der Waals surface area contributed by atoms with Gasteiger partial charge in [0.25, 0.3) is 0 Å². The summed E-state index contributed by atoms with van der Waals surface area (Å²) in [6, 6.07) is 33.9. The first-order valence-electron chi connectivity index (χ1n) is 11.4. The van der Waals surface area contributed by atoms with Gasteiger partial charge < -0.3 is 0 Å². The maximum atomic E-state index is 6.35. The molecule has 1 unspecified atom stereocenters. The molecule has 4 aromatic carbocycles. The highest BCUT2D eigenvalue weighted by molar-refractivity contribution is 6.31. The summed E-state index contributed by atoms with van der Waals surface area (Å²) in [6.07, 6.45) is 0.730. The fourth-order valence-electron chi connectivity index (χ4n) is 4.45. The van der Waals surface area contributed by atoms with Crippen molar-refractivity contribution in [3.05, 3.63) is 124 Å². The second kappa shape index (κ2) is 9.14. The minimum atomic E-state index is -0.0594. The fraction of sp³-hybridized carbons (Fsp3) is 0.0690. The van der Waals surface area contributed by atoms with Gasteiger partial charge in [0.15, 0.2) is 0 Å². The molecule has 0 bridgehead atoms. The molecule has 6 rings (SSSR count). The molecule has 0 saturated carbocycles. The molecule has 0 saturated heterocycles. The van der Waals surface area contributed by atoms with Crippen molar-refractivity contribution in [2.75, 3.05) is 5.01 Å². The molecule has 1 atom stereocenters. The molecule has 0 N–H and O–H groups in total. The Bertz CT molecular complexity index is 1530. The summed E-state index contributed by atoms with van der Waals surface area (Å²) in [5.74, 6) is 0.546. The van der Waals surface area contributed by atoms with Crippen molar-refractivity contribution in [2.24, 2.45) is 5.10 Å². The Morgan fingerprint density at radius 2 is 1.34 bits per heavy atom. The minimum absolute atomic E-state index is 0.0594. The maximum Gasteiger partial charge on any atom is 0.247 e. The fourth-order valence-corrected chi connectivity index (χ4v) is 4.75. The molecular weight excluding hydrogens is 475 g/mol. The van der Waals surface area contributed by atoms with Gasteiger partial charge in [-0.15, -0.1) is 0 Å². The molecular formula is C29H20Cl2N4. The van der Waals surface area contributed by atoms with E-state index in [4.69, 9.17) is 38.3 Å². The van der Waals surface area contributed by atoms with Crippen LogP contribution in [-0.4, -0.2) is 15.7 Å². The van der Waals surface area contributed by atoms with Crippen LogP contribution in [0.5, 0.6) is 0 Å². The molecule has 35 heavy (non-hydrogen) atoms. The van der Waals surface area contributed by atoms with E-state index in [9.17, 15) is 0 Å². The number of anilines is 1. The van der Waals surface area contributed by atoms with Crippen molar-refractivity contribution in [1.82, 2.24) is 9.97 Å². The number of halogens is 2. The Labute approximate surface area is 213 Å². The molecule has 4 nitrogen and oxygen atoms in total. The van der Waals surface area contributed by atoms with E-state index in [1.54, 1.807) is 0 Å². The van der Waals surface area contributed by atoms with E-state index in [-0.39, 0.29) is 6.04 Å². The molecule has 1 aliphatic heterocycles. The van der Waals surface area contributed by atoms with Crippen LogP contribution < -0.4 is 5.01 Å². The second-order valence-electron chi connectivity index (χ2n) is 8.43. The van der Waals surface area contributed by atoms with E-state index >= 15 is 0 Å². The summed E-state index contributed by atoms with van der Waals surface area (Å²) < 4.78 is 0. The van der Waals surface area contributed by atoms with E-state index < -0.39 is 0 Å². The number of fused-ring (bicyclic) bond motifs is 1. The summed E-state index contributed by atoms with van der Waals surface area (Å²) in [5, 5.41) is 9.23. The van der Waals surface area contributed by atoms with Gasteiger partial charge in [-0.1, -0.05) is 96.0 Å². The quantitative estimate of drug-likeness (QED) is 0.254. The first-order valence-corrected chi connectivity index (χ1v) is 12.1. The standard InChI is InChI=1S/C29H20Cl2N4/c30-22-13-11-20(12-14-22)27-18-26(19-7-3-1-4-8-19)34-35(27)29-32-25-16-15-23(31)17-24(25)28(33-29)21-9-5-2-6-10-21/h1-17,27H,18H2. The molecule has 170 valence electrons. The van der Waals surface area contributed by atoms with Gasteiger partial charge in [0.1, 0.15) is 0 Å². The zero-order valence-electron chi connectivity index (χ0n) is 18.6. The summed E-state index contributed by atoms with van der Waals surface area (Å²) in [4.78, 5) is 9.97. The highest BCUT2D eigenvalue weighted by atomic mass is 35.5. The van der Waals surface area contributed by atoms with Gasteiger partial charge >= 0.3 is 0 Å². The van der Waals surface area contributed by atoms with Crippen LogP contribution in [0.15, 0.2) is 108 Å². The SMILES string of the molecule is Clc1ccc(C2CC(c3ccccc3)=NN2c2nc(-c3ccccc3)c3cc(Cl)ccc3n2)cc1.